The van der Waals surface area contributed by atoms with Crippen molar-refractivity contribution >= 4 is 22.8 Å². The molecule has 0 saturated carbocycles. The predicted molar refractivity (Wildman–Crippen MR) is 136 cm³/mol. The summed E-state index contributed by atoms with van der Waals surface area (Å²) in [5.41, 5.74) is 6.01. The summed E-state index contributed by atoms with van der Waals surface area (Å²) in [6.07, 6.45) is -1.68. The first-order valence-corrected chi connectivity index (χ1v) is 11.2. The highest BCUT2D eigenvalue weighted by atomic mass is 19.4. The molecule has 0 radical (unpaired) electrons. The van der Waals surface area contributed by atoms with Gasteiger partial charge in [0.25, 0.3) is 5.56 Å². The van der Waals surface area contributed by atoms with E-state index in [4.69, 9.17) is 11.1 Å². The van der Waals surface area contributed by atoms with E-state index in [2.05, 4.69) is 9.98 Å². The largest absolute Gasteiger partial charge is 0.417 e. The van der Waals surface area contributed by atoms with Gasteiger partial charge in [-0.1, -0.05) is 36.4 Å². The van der Waals surface area contributed by atoms with E-state index in [-0.39, 0.29) is 16.8 Å². The average Bonchev–Trinajstić information content (AvgIpc) is 2.89. The number of nitrogens with two attached hydrogens (primary N) is 1. The molecule has 2 aromatic carbocycles. The van der Waals surface area contributed by atoms with Crippen LogP contribution in [0.25, 0.3) is 27.6 Å². The zero-order valence-electron chi connectivity index (χ0n) is 19.6. The molecule has 2 aromatic heterocycles. The lowest BCUT2D eigenvalue weighted by Crippen LogP contribution is -2.27. The third-order valence-corrected chi connectivity index (χ3v) is 5.86. The Bertz CT molecular complexity index is 1600. The van der Waals surface area contributed by atoms with Crippen molar-refractivity contribution in [2.75, 3.05) is 0 Å². The lowest BCUT2D eigenvalue weighted by molar-refractivity contribution is -0.137. The van der Waals surface area contributed by atoms with Gasteiger partial charge in [-0.3, -0.25) is 19.3 Å². The van der Waals surface area contributed by atoms with E-state index >= 15 is 0 Å². The fourth-order valence-electron chi connectivity index (χ4n) is 4.07. The van der Waals surface area contributed by atoms with Gasteiger partial charge in [-0.15, -0.1) is 0 Å². The molecule has 0 aliphatic rings. The van der Waals surface area contributed by atoms with Crippen LogP contribution >= 0.6 is 0 Å². The summed E-state index contributed by atoms with van der Waals surface area (Å²) in [5, 5.41) is 17.3. The minimum absolute atomic E-state index is 0.0686. The summed E-state index contributed by atoms with van der Waals surface area (Å²) in [7, 11) is 0. The fraction of sp³-hybridized carbons (Fsp3) is 0.148. The maximum atomic E-state index is 14.0. The lowest BCUT2D eigenvalue weighted by Gasteiger charge is -2.19. The van der Waals surface area contributed by atoms with Crippen molar-refractivity contribution < 1.29 is 13.2 Å². The number of rotatable bonds is 6. The molecule has 186 valence electrons. The Hall–Kier alpha value is -4.78. The van der Waals surface area contributed by atoms with Crippen LogP contribution in [-0.4, -0.2) is 21.6 Å². The summed E-state index contributed by atoms with van der Waals surface area (Å²) >= 11 is 0. The molecule has 2 heterocycles. The first-order valence-electron chi connectivity index (χ1n) is 11.2. The molecule has 0 fully saturated rings. The maximum absolute atomic E-state index is 14.0. The number of amidine groups is 1. The van der Waals surface area contributed by atoms with Gasteiger partial charge in [0.05, 0.1) is 28.8 Å². The third kappa shape index (κ3) is 4.97. The molecule has 2 atom stereocenters. The topological polar surface area (TPSA) is 121 Å². The molecular weight excluding hydrogens is 481 g/mol. The minimum Gasteiger partial charge on any atom is -0.386 e. The number of aromatic nitrogens is 2. The summed E-state index contributed by atoms with van der Waals surface area (Å²) in [6.45, 7) is 1.70. The number of pyridine rings is 2. The first kappa shape index (κ1) is 25.3. The van der Waals surface area contributed by atoms with Crippen molar-refractivity contribution in [1.29, 1.82) is 10.7 Å². The number of nitrogens with one attached hydrogen (secondary N) is 1. The quantitative estimate of drug-likeness (QED) is 0.275. The van der Waals surface area contributed by atoms with Gasteiger partial charge >= 0.3 is 6.18 Å². The molecule has 0 saturated heterocycles. The van der Waals surface area contributed by atoms with Gasteiger partial charge < -0.3 is 11.1 Å². The number of nitrogens with zero attached hydrogens (tertiary/aromatic N) is 4. The van der Waals surface area contributed by atoms with Gasteiger partial charge in [0.2, 0.25) is 0 Å². The molecule has 0 bridgehead atoms. The molecule has 4 aromatic rings. The van der Waals surface area contributed by atoms with Crippen molar-refractivity contribution in [2.45, 2.75) is 19.1 Å². The van der Waals surface area contributed by atoms with Gasteiger partial charge in [0.1, 0.15) is 11.8 Å². The molecule has 0 spiro atoms. The number of hydrogen-bond donors (Lipinski definition) is 2. The number of aliphatic imine (C=N–C) groups is 1. The van der Waals surface area contributed by atoms with Gasteiger partial charge in [-0.05, 0) is 42.1 Å². The molecule has 0 amide bonds. The van der Waals surface area contributed by atoms with E-state index < -0.39 is 29.3 Å². The van der Waals surface area contributed by atoms with Crippen LogP contribution in [0.3, 0.4) is 0 Å². The molecular formula is C27H21F3N6O. The lowest BCUT2D eigenvalue weighted by atomic mass is 9.98. The van der Waals surface area contributed by atoms with Crippen LogP contribution in [0, 0.1) is 22.7 Å². The van der Waals surface area contributed by atoms with Gasteiger partial charge in [0.15, 0.2) is 0 Å². The van der Waals surface area contributed by atoms with Crippen molar-refractivity contribution in [3.8, 4) is 22.9 Å². The minimum atomic E-state index is -4.59. The van der Waals surface area contributed by atoms with Crippen LogP contribution < -0.4 is 11.3 Å². The van der Waals surface area contributed by atoms with Gasteiger partial charge in [-0.25, -0.2) is 0 Å². The smallest absolute Gasteiger partial charge is 0.386 e. The van der Waals surface area contributed by atoms with Crippen LogP contribution in [0.15, 0.2) is 82.8 Å². The second-order valence-electron chi connectivity index (χ2n) is 8.28. The first-order chi connectivity index (χ1) is 17.7. The number of para-hydroxylation sites is 1. The summed E-state index contributed by atoms with van der Waals surface area (Å²) < 4.78 is 41.5. The summed E-state index contributed by atoms with van der Waals surface area (Å²) in [4.78, 5) is 22.1. The Balaban J connectivity index is 2.02. The Morgan fingerprint density at radius 1 is 1.16 bits per heavy atom. The predicted octanol–water partition coefficient (Wildman–Crippen LogP) is 5.28. The van der Waals surface area contributed by atoms with Crippen LogP contribution in [-0.2, 0) is 6.18 Å². The number of benzene rings is 2. The Labute approximate surface area is 209 Å². The van der Waals surface area contributed by atoms with Gasteiger partial charge in [-0.2, -0.15) is 18.4 Å². The van der Waals surface area contributed by atoms with Crippen molar-refractivity contribution in [3.63, 3.8) is 0 Å². The van der Waals surface area contributed by atoms with E-state index in [0.717, 1.165) is 18.5 Å². The molecule has 7 nitrogen and oxygen atoms in total. The zero-order chi connectivity index (χ0) is 26.7. The van der Waals surface area contributed by atoms with Crippen LogP contribution in [0.5, 0.6) is 0 Å². The number of fused-ring (bicyclic) bond motifs is 1. The Morgan fingerprint density at radius 2 is 1.89 bits per heavy atom. The van der Waals surface area contributed by atoms with Crippen LogP contribution in [0.4, 0.5) is 13.2 Å². The normalized spacial score (nSPS) is 13.6. The number of hydrogen-bond acceptors (Lipinski definition) is 5. The van der Waals surface area contributed by atoms with E-state index in [0.29, 0.717) is 22.3 Å². The Kier molecular flexibility index (Phi) is 6.89. The maximum Gasteiger partial charge on any atom is 0.417 e. The molecule has 37 heavy (non-hydrogen) atoms. The molecule has 2 unspecified atom stereocenters. The average molecular weight is 503 g/mol. The second-order valence-corrected chi connectivity index (χ2v) is 8.28. The molecule has 10 heteroatoms. The number of nitriles is 1. The summed E-state index contributed by atoms with van der Waals surface area (Å²) in [6, 6.07) is 17.5. The van der Waals surface area contributed by atoms with Crippen LogP contribution in [0.2, 0.25) is 0 Å². The van der Waals surface area contributed by atoms with Crippen molar-refractivity contribution in [1.82, 2.24) is 9.55 Å². The standard InChI is InChI=1S/C27H21F3N6O/c1-16(35-25(33)19(12-31)13-32)23-11-17-6-5-9-22(18-10-20(15-34-14-18)27(28,29)30)24(17)26(37)36(23)21-7-3-2-4-8-21/h2-12,14-16,19,31H,1H3,(H2,33,35). The van der Waals surface area contributed by atoms with Crippen molar-refractivity contribution in [3.05, 3.63) is 94.7 Å². The highest BCUT2D eigenvalue weighted by molar-refractivity contribution is 5.98. The Morgan fingerprint density at radius 3 is 2.54 bits per heavy atom. The summed E-state index contributed by atoms with van der Waals surface area (Å²) in [5.74, 6) is -1.08. The second kappa shape index (κ2) is 10.1. The van der Waals surface area contributed by atoms with E-state index in [9.17, 15) is 23.2 Å². The number of halogens is 3. The van der Waals surface area contributed by atoms with Crippen LogP contribution in [0.1, 0.15) is 24.2 Å². The molecule has 3 N–H and O–H groups in total. The third-order valence-electron chi connectivity index (χ3n) is 5.86. The highest BCUT2D eigenvalue weighted by Crippen LogP contribution is 2.34. The number of alkyl halides is 3. The fourth-order valence-corrected chi connectivity index (χ4v) is 4.07. The van der Waals surface area contributed by atoms with E-state index in [1.807, 2.05) is 6.07 Å². The molecule has 4 rings (SSSR count). The van der Waals surface area contributed by atoms with Crippen molar-refractivity contribution in [2.24, 2.45) is 16.6 Å². The van der Waals surface area contributed by atoms with Gasteiger partial charge in [0, 0.05) is 29.9 Å². The molecule has 0 aliphatic heterocycles. The van der Waals surface area contributed by atoms with E-state index in [1.165, 1.54) is 10.8 Å². The highest BCUT2D eigenvalue weighted by Gasteiger charge is 2.31. The molecule has 0 aliphatic carbocycles. The zero-order valence-corrected chi connectivity index (χ0v) is 19.6. The monoisotopic (exact) mass is 502 g/mol. The van der Waals surface area contributed by atoms with E-state index in [1.54, 1.807) is 61.5 Å². The SMILES string of the molecule is CC(N=C(N)C(C#N)C=N)c1cc2cccc(-c3cncc(C(F)(F)F)c3)c2c(=O)n1-c1ccccc1.